The van der Waals surface area contributed by atoms with Crippen LogP contribution in [0.1, 0.15) is 208 Å². The molecular weight excluding hydrogens is 781 g/mol. The van der Waals surface area contributed by atoms with E-state index < -0.39 is 0 Å². The number of hydrogen-bond donors (Lipinski definition) is 3. The molecule has 0 aromatic heterocycles. The number of unbranched alkanes of at least 4 members (excludes halogenated alkanes) is 21. The number of aromatic hydroxyl groups is 3. The van der Waals surface area contributed by atoms with E-state index in [1.54, 1.807) is 0 Å². The van der Waals surface area contributed by atoms with Crippen LogP contribution in [0, 0.1) is 0 Å². The van der Waals surface area contributed by atoms with E-state index in [4.69, 9.17) is 14.2 Å². The fourth-order valence-corrected chi connectivity index (χ4v) is 10.6. The van der Waals surface area contributed by atoms with Crippen molar-refractivity contribution >= 4 is 0 Å². The van der Waals surface area contributed by atoms with Gasteiger partial charge in [0.2, 0.25) is 0 Å². The summed E-state index contributed by atoms with van der Waals surface area (Å²) in [5, 5.41) is 34.0. The summed E-state index contributed by atoms with van der Waals surface area (Å²) in [6.45, 7) is 8.53. The molecule has 0 bridgehead atoms. The van der Waals surface area contributed by atoms with E-state index in [-0.39, 0.29) is 17.2 Å². The number of hydrogen-bond acceptors (Lipinski definition) is 6. The molecule has 0 radical (unpaired) electrons. The lowest BCUT2D eigenvalue weighted by molar-refractivity contribution is 0.289. The third-order valence-corrected chi connectivity index (χ3v) is 14.0. The number of ether oxygens (including phenoxy) is 3. The third kappa shape index (κ3) is 11.5. The zero-order valence-electron chi connectivity index (χ0n) is 39.2. The zero-order chi connectivity index (χ0) is 44.0. The molecule has 63 heavy (non-hydrogen) atoms. The Kier molecular flexibility index (Phi) is 17.5. The predicted molar refractivity (Wildman–Crippen MR) is 260 cm³/mol. The van der Waals surface area contributed by atoms with Crippen LogP contribution in [0.5, 0.6) is 34.5 Å². The van der Waals surface area contributed by atoms with Crippen LogP contribution in [0.4, 0.5) is 0 Å². The van der Waals surface area contributed by atoms with E-state index in [1.165, 1.54) is 149 Å². The highest BCUT2D eigenvalue weighted by molar-refractivity contribution is 6.01. The van der Waals surface area contributed by atoms with Gasteiger partial charge in [-0.05, 0) is 142 Å². The molecule has 6 nitrogen and oxygen atoms in total. The minimum absolute atomic E-state index is 0.197. The van der Waals surface area contributed by atoms with Crippen LogP contribution in [0.25, 0.3) is 33.4 Å². The van der Waals surface area contributed by atoms with E-state index >= 15 is 0 Å². The van der Waals surface area contributed by atoms with Crippen molar-refractivity contribution in [1.82, 2.24) is 0 Å². The molecule has 0 unspecified atom stereocenters. The molecule has 0 atom stereocenters. The molecule has 0 saturated carbocycles. The van der Waals surface area contributed by atoms with Crippen LogP contribution in [0.3, 0.4) is 0 Å². The average Bonchev–Trinajstić information content (AvgIpc) is 3.95. The van der Waals surface area contributed by atoms with Crippen molar-refractivity contribution in [2.45, 2.75) is 194 Å². The first-order valence-corrected chi connectivity index (χ1v) is 25.6. The smallest absolute Gasteiger partial charge is 0.161 e. The fraction of sp³-hybridized carbons (Fsp3) is 0.579. The highest BCUT2D eigenvalue weighted by Gasteiger charge is 2.39. The summed E-state index contributed by atoms with van der Waals surface area (Å²) in [5.74, 6) is 2.23. The number of phenolic OH excluding ortho intramolecular Hbond substituents is 3. The minimum atomic E-state index is 0.197. The Morgan fingerprint density at radius 1 is 0.333 bits per heavy atom. The molecule has 0 fully saturated rings. The van der Waals surface area contributed by atoms with Gasteiger partial charge in [-0.25, -0.2) is 0 Å². The first-order valence-electron chi connectivity index (χ1n) is 25.6. The topological polar surface area (TPSA) is 88.4 Å². The van der Waals surface area contributed by atoms with Crippen molar-refractivity contribution in [3.8, 4) is 67.9 Å². The van der Waals surface area contributed by atoms with Gasteiger partial charge >= 0.3 is 0 Å². The molecule has 3 aliphatic carbocycles. The number of phenols is 3. The fourth-order valence-electron chi connectivity index (χ4n) is 10.6. The summed E-state index contributed by atoms with van der Waals surface area (Å²) in [5.41, 5.74) is 14.1. The van der Waals surface area contributed by atoms with Crippen LogP contribution in [-0.4, -0.2) is 35.1 Å². The molecule has 7 rings (SSSR count). The molecule has 3 N–H and O–H groups in total. The van der Waals surface area contributed by atoms with Crippen LogP contribution in [0.15, 0.2) is 36.4 Å². The summed E-state index contributed by atoms with van der Waals surface area (Å²) >= 11 is 0. The lowest BCUT2D eigenvalue weighted by Gasteiger charge is -2.18. The van der Waals surface area contributed by atoms with Crippen molar-refractivity contribution in [1.29, 1.82) is 0 Å². The zero-order valence-corrected chi connectivity index (χ0v) is 39.2. The Morgan fingerprint density at radius 3 is 0.825 bits per heavy atom. The van der Waals surface area contributed by atoms with Gasteiger partial charge < -0.3 is 29.5 Å². The summed E-state index contributed by atoms with van der Waals surface area (Å²) in [7, 11) is 0. The van der Waals surface area contributed by atoms with Gasteiger partial charge in [0.25, 0.3) is 0 Å². The number of rotatable bonds is 30. The van der Waals surface area contributed by atoms with E-state index in [2.05, 4.69) is 39.0 Å². The second-order valence-corrected chi connectivity index (χ2v) is 19.0. The summed E-state index contributed by atoms with van der Waals surface area (Å²) in [4.78, 5) is 0. The molecule has 4 aromatic rings. The van der Waals surface area contributed by atoms with Crippen molar-refractivity contribution < 1.29 is 29.5 Å². The predicted octanol–water partition coefficient (Wildman–Crippen LogP) is 16.1. The van der Waals surface area contributed by atoms with Gasteiger partial charge in [0.15, 0.2) is 34.5 Å². The molecule has 0 amide bonds. The highest BCUT2D eigenvalue weighted by atomic mass is 16.5. The highest BCUT2D eigenvalue weighted by Crippen LogP contribution is 2.59. The molecular formula is C57H78O6. The van der Waals surface area contributed by atoms with Crippen LogP contribution in [0.2, 0.25) is 0 Å². The van der Waals surface area contributed by atoms with Crippen LogP contribution < -0.4 is 14.2 Å². The van der Waals surface area contributed by atoms with Gasteiger partial charge in [-0.1, -0.05) is 156 Å². The van der Waals surface area contributed by atoms with Gasteiger partial charge in [0, 0.05) is 0 Å². The van der Waals surface area contributed by atoms with Crippen molar-refractivity contribution in [3.63, 3.8) is 0 Å². The Morgan fingerprint density at radius 2 is 0.571 bits per heavy atom. The molecule has 0 saturated heterocycles. The first kappa shape index (κ1) is 46.7. The van der Waals surface area contributed by atoms with Gasteiger partial charge in [0.05, 0.1) is 19.8 Å². The molecule has 0 spiro atoms. The van der Waals surface area contributed by atoms with E-state index in [9.17, 15) is 15.3 Å². The van der Waals surface area contributed by atoms with E-state index in [1.807, 2.05) is 18.2 Å². The lowest BCUT2D eigenvalue weighted by atomic mass is 9.86. The SMILES string of the molecule is CCCCCCCCCCOc1cc2c(cc1O)Cc1c-2c2c(c3c1-c1cc(OCCCCCCCCCC)c(O)cc1C3)-c1cc(OCCCCCCCCCC)c(O)cc1C2. The number of benzene rings is 4. The van der Waals surface area contributed by atoms with E-state index in [0.717, 1.165) is 71.9 Å². The second kappa shape index (κ2) is 23.6. The van der Waals surface area contributed by atoms with Crippen molar-refractivity contribution in [2.75, 3.05) is 19.8 Å². The molecule has 342 valence electrons. The Labute approximate surface area is 379 Å². The quantitative estimate of drug-likeness (QED) is 0.0391. The normalized spacial score (nSPS) is 12.8. The summed E-state index contributed by atoms with van der Waals surface area (Å²) in [6.07, 6.45) is 31.6. The summed E-state index contributed by atoms with van der Waals surface area (Å²) < 4.78 is 19.0. The molecule has 6 heteroatoms. The van der Waals surface area contributed by atoms with Gasteiger partial charge in [-0.2, -0.15) is 0 Å². The van der Waals surface area contributed by atoms with E-state index in [0.29, 0.717) is 56.3 Å². The molecule has 4 aromatic carbocycles. The monoisotopic (exact) mass is 859 g/mol. The van der Waals surface area contributed by atoms with Crippen LogP contribution >= 0.6 is 0 Å². The Bertz CT molecular complexity index is 1860. The maximum Gasteiger partial charge on any atom is 0.161 e. The molecule has 0 heterocycles. The van der Waals surface area contributed by atoms with Crippen molar-refractivity contribution in [2.24, 2.45) is 0 Å². The Hall–Kier alpha value is -4.32. The lowest BCUT2D eigenvalue weighted by Crippen LogP contribution is -1.99. The largest absolute Gasteiger partial charge is 0.504 e. The minimum Gasteiger partial charge on any atom is -0.504 e. The average molecular weight is 859 g/mol. The number of fused-ring (bicyclic) bond motifs is 12. The maximum atomic E-state index is 11.3. The van der Waals surface area contributed by atoms with Gasteiger partial charge in [-0.15, -0.1) is 0 Å². The standard InChI is InChI=1S/C57H78O6/c1-4-7-10-13-16-19-22-25-28-61-52-37-43-40(34-49(52)58)31-46-55(43)47-32-41-35-50(59)53(62-29-26-23-20-17-14-11-8-5-2)38-44(41)57(47)48-33-42-36-51(60)54(39-45(42)56(46)48)63-30-27-24-21-18-15-12-9-6-3/h34-39,58-60H,4-33H2,1-3H3. The molecule has 3 aliphatic rings. The Balaban J connectivity index is 1.14. The maximum absolute atomic E-state index is 11.3. The second-order valence-electron chi connectivity index (χ2n) is 19.0. The first-order chi connectivity index (χ1) is 30.9. The van der Waals surface area contributed by atoms with Crippen molar-refractivity contribution in [3.05, 3.63) is 69.8 Å². The summed E-state index contributed by atoms with van der Waals surface area (Å²) in [6, 6.07) is 12.0. The molecule has 0 aliphatic heterocycles. The van der Waals surface area contributed by atoms with Crippen LogP contribution in [-0.2, 0) is 19.3 Å². The van der Waals surface area contributed by atoms with Gasteiger partial charge in [-0.3, -0.25) is 0 Å². The van der Waals surface area contributed by atoms with Gasteiger partial charge in [0.1, 0.15) is 0 Å². The third-order valence-electron chi connectivity index (χ3n) is 14.0.